The van der Waals surface area contributed by atoms with Crippen LogP contribution < -0.4 is 4.74 Å². The molecule has 2 bridgehead atoms. The smallest absolute Gasteiger partial charge is 0.254 e. The Balaban J connectivity index is 1.22. The van der Waals surface area contributed by atoms with E-state index in [1.807, 2.05) is 23.9 Å². The minimum Gasteiger partial charge on any atom is -0.490 e. The van der Waals surface area contributed by atoms with Gasteiger partial charge in [0, 0.05) is 41.1 Å². The second kappa shape index (κ2) is 10.7. The summed E-state index contributed by atoms with van der Waals surface area (Å²) in [4.78, 5) is 17.0. The number of fused-ring (bicyclic) bond motifs is 2. The first kappa shape index (κ1) is 25.0. The number of ether oxygens (including phenoxy) is 1. The molecule has 2 heterocycles. The predicted octanol–water partition coefficient (Wildman–Crippen LogP) is 7.93. The number of carbonyl (C=O) groups is 1. The molecular weight excluding hydrogens is 462 g/mol. The summed E-state index contributed by atoms with van der Waals surface area (Å²) in [7, 11) is 0. The summed E-state index contributed by atoms with van der Waals surface area (Å²) in [6.45, 7) is 8.76. The Kier molecular flexibility index (Phi) is 7.43. The molecule has 4 heteroatoms. The number of thioether (sulfide) groups is 1. The van der Waals surface area contributed by atoms with Crippen LogP contribution in [0.15, 0.2) is 71.6 Å². The number of para-hydroxylation sites is 1. The van der Waals surface area contributed by atoms with Gasteiger partial charge < -0.3 is 9.64 Å². The van der Waals surface area contributed by atoms with Crippen LogP contribution in [0.4, 0.5) is 0 Å². The van der Waals surface area contributed by atoms with Gasteiger partial charge in [-0.1, -0.05) is 62.4 Å². The Hall–Kier alpha value is -2.72. The van der Waals surface area contributed by atoms with E-state index >= 15 is 0 Å². The van der Waals surface area contributed by atoms with Crippen LogP contribution in [0.3, 0.4) is 0 Å². The van der Waals surface area contributed by atoms with Crippen LogP contribution in [-0.2, 0) is 5.75 Å². The first-order valence-corrected chi connectivity index (χ1v) is 14.3. The van der Waals surface area contributed by atoms with E-state index in [0.29, 0.717) is 5.92 Å². The van der Waals surface area contributed by atoms with Crippen molar-refractivity contribution in [2.45, 2.75) is 88.1 Å². The summed E-state index contributed by atoms with van der Waals surface area (Å²) in [6, 6.07) is 23.7. The lowest BCUT2D eigenvalue weighted by atomic mass is 9.97. The van der Waals surface area contributed by atoms with Crippen molar-refractivity contribution in [2.24, 2.45) is 0 Å². The summed E-state index contributed by atoms with van der Waals surface area (Å²) in [6.07, 6.45) is 4.16. The molecule has 3 nitrogen and oxygen atoms in total. The standard InChI is InChI=1S/C32H37NO2S/c1-21(2)29-10-5-6-11-30(29)35-28-18-26-16-17-27(19-28)33(26)32(34)25-14-12-24(13-15-25)20-36-31-22(3)8-7-9-23(31)4/h5-15,21,26-28H,16-20H2,1-4H3. The van der Waals surface area contributed by atoms with Crippen LogP contribution in [0.25, 0.3) is 0 Å². The Labute approximate surface area is 220 Å². The highest BCUT2D eigenvalue weighted by atomic mass is 32.2. The molecule has 0 aromatic heterocycles. The fraction of sp³-hybridized carbons (Fsp3) is 0.406. The molecule has 2 saturated heterocycles. The van der Waals surface area contributed by atoms with Crippen molar-refractivity contribution in [1.82, 2.24) is 4.90 Å². The van der Waals surface area contributed by atoms with E-state index in [2.05, 4.69) is 87.2 Å². The molecule has 36 heavy (non-hydrogen) atoms. The van der Waals surface area contributed by atoms with Gasteiger partial charge in [0.25, 0.3) is 5.91 Å². The Morgan fingerprint density at radius 2 is 1.56 bits per heavy atom. The van der Waals surface area contributed by atoms with Crippen molar-refractivity contribution in [2.75, 3.05) is 0 Å². The second-order valence-corrected chi connectivity index (χ2v) is 11.7. The SMILES string of the molecule is Cc1cccc(C)c1SCc1ccc(C(=O)N2C3CCC2CC(Oc2ccccc2C(C)C)C3)cc1. The number of rotatable bonds is 7. The monoisotopic (exact) mass is 499 g/mol. The van der Waals surface area contributed by atoms with Crippen LogP contribution in [0.5, 0.6) is 5.75 Å². The van der Waals surface area contributed by atoms with Crippen LogP contribution in [0, 0.1) is 13.8 Å². The van der Waals surface area contributed by atoms with Gasteiger partial charge in [0.2, 0.25) is 0 Å². The van der Waals surface area contributed by atoms with Gasteiger partial charge in [0.1, 0.15) is 11.9 Å². The number of carbonyl (C=O) groups excluding carboxylic acids is 1. The zero-order valence-electron chi connectivity index (χ0n) is 21.9. The van der Waals surface area contributed by atoms with Gasteiger partial charge in [0.15, 0.2) is 0 Å². The van der Waals surface area contributed by atoms with Gasteiger partial charge in [-0.2, -0.15) is 0 Å². The average molecular weight is 500 g/mol. The number of hydrogen-bond donors (Lipinski definition) is 0. The summed E-state index contributed by atoms with van der Waals surface area (Å²) in [5, 5.41) is 0. The van der Waals surface area contributed by atoms with Gasteiger partial charge in [-0.05, 0) is 73.1 Å². The molecule has 2 aliphatic heterocycles. The van der Waals surface area contributed by atoms with Crippen molar-refractivity contribution >= 4 is 17.7 Å². The highest BCUT2D eigenvalue weighted by Crippen LogP contribution is 2.39. The first-order valence-electron chi connectivity index (χ1n) is 13.3. The predicted molar refractivity (Wildman–Crippen MR) is 149 cm³/mol. The highest BCUT2D eigenvalue weighted by Gasteiger charge is 2.44. The maximum absolute atomic E-state index is 13.5. The average Bonchev–Trinajstić information content (AvgIpc) is 3.14. The third-order valence-corrected chi connectivity index (χ3v) is 9.16. The van der Waals surface area contributed by atoms with Gasteiger partial charge in [-0.15, -0.1) is 11.8 Å². The molecule has 188 valence electrons. The molecule has 2 aliphatic rings. The van der Waals surface area contributed by atoms with Crippen molar-refractivity contribution < 1.29 is 9.53 Å². The molecule has 0 saturated carbocycles. The quantitative estimate of drug-likeness (QED) is 0.309. The van der Waals surface area contributed by atoms with Crippen LogP contribution in [0.1, 0.15) is 78.1 Å². The fourth-order valence-electron chi connectivity index (χ4n) is 5.87. The van der Waals surface area contributed by atoms with Crippen molar-refractivity contribution in [1.29, 1.82) is 0 Å². The molecule has 0 aliphatic carbocycles. The number of benzene rings is 3. The molecule has 0 spiro atoms. The number of piperidine rings is 1. The Morgan fingerprint density at radius 3 is 2.19 bits per heavy atom. The van der Waals surface area contributed by atoms with Crippen molar-refractivity contribution in [3.8, 4) is 5.75 Å². The number of nitrogens with zero attached hydrogens (tertiary/aromatic N) is 1. The minimum absolute atomic E-state index is 0.177. The normalized spacial score (nSPS) is 21.1. The van der Waals surface area contributed by atoms with Crippen LogP contribution in [-0.4, -0.2) is 29.0 Å². The molecule has 2 fully saturated rings. The zero-order valence-corrected chi connectivity index (χ0v) is 22.7. The van der Waals surface area contributed by atoms with Gasteiger partial charge in [-0.25, -0.2) is 0 Å². The van der Waals surface area contributed by atoms with E-state index in [4.69, 9.17) is 4.74 Å². The molecule has 3 aromatic rings. The van der Waals surface area contributed by atoms with E-state index in [0.717, 1.165) is 42.7 Å². The maximum atomic E-state index is 13.5. The van der Waals surface area contributed by atoms with Gasteiger partial charge in [-0.3, -0.25) is 4.79 Å². The number of hydrogen-bond acceptors (Lipinski definition) is 3. The molecule has 0 N–H and O–H groups in total. The van der Waals surface area contributed by atoms with E-state index in [-0.39, 0.29) is 24.1 Å². The second-order valence-electron chi connectivity index (χ2n) is 10.7. The van der Waals surface area contributed by atoms with Crippen molar-refractivity contribution in [3.63, 3.8) is 0 Å². The fourth-order valence-corrected chi connectivity index (χ4v) is 6.97. The summed E-state index contributed by atoms with van der Waals surface area (Å²) >= 11 is 1.87. The molecule has 3 aromatic carbocycles. The van der Waals surface area contributed by atoms with Crippen LogP contribution >= 0.6 is 11.8 Å². The molecule has 1 amide bonds. The van der Waals surface area contributed by atoms with E-state index in [1.54, 1.807) is 0 Å². The Bertz CT molecular complexity index is 1180. The first-order chi connectivity index (χ1) is 17.4. The Morgan fingerprint density at radius 1 is 0.917 bits per heavy atom. The third-order valence-electron chi connectivity index (χ3n) is 7.75. The summed E-state index contributed by atoms with van der Waals surface area (Å²) < 4.78 is 6.52. The van der Waals surface area contributed by atoms with E-state index in [1.165, 1.54) is 27.1 Å². The molecule has 5 rings (SSSR count). The van der Waals surface area contributed by atoms with E-state index in [9.17, 15) is 4.79 Å². The minimum atomic E-state index is 0.177. The van der Waals surface area contributed by atoms with Gasteiger partial charge >= 0.3 is 0 Å². The number of aryl methyl sites for hydroxylation is 2. The van der Waals surface area contributed by atoms with E-state index < -0.39 is 0 Å². The zero-order chi connectivity index (χ0) is 25.2. The van der Waals surface area contributed by atoms with Crippen LogP contribution in [0.2, 0.25) is 0 Å². The molecule has 2 unspecified atom stereocenters. The highest BCUT2D eigenvalue weighted by molar-refractivity contribution is 7.98. The number of amides is 1. The lowest BCUT2D eigenvalue weighted by Crippen LogP contribution is -2.49. The summed E-state index contributed by atoms with van der Waals surface area (Å²) in [5.74, 6) is 2.52. The van der Waals surface area contributed by atoms with Crippen molar-refractivity contribution in [3.05, 3.63) is 94.5 Å². The lowest BCUT2D eigenvalue weighted by molar-refractivity contribution is 0.0356. The maximum Gasteiger partial charge on any atom is 0.254 e. The lowest BCUT2D eigenvalue weighted by Gasteiger charge is -2.39. The molecule has 0 radical (unpaired) electrons. The molecular formula is C32H37NO2S. The van der Waals surface area contributed by atoms with Gasteiger partial charge in [0.05, 0.1) is 0 Å². The third kappa shape index (κ3) is 5.20. The molecule has 2 atom stereocenters. The largest absolute Gasteiger partial charge is 0.490 e. The topological polar surface area (TPSA) is 29.5 Å². The summed E-state index contributed by atoms with van der Waals surface area (Å²) in [5.41, 5.74) is 5.96.